The van der Waals surface area contributed by atoms with Gasteiger partial charge in [0.25, 0.3) is 0 Å². The highest BCUT2D eigenvalue weighted by molar-refractivity contribution is 4.92. The van der Waals surface area contributed by atoms with E-state index in [9.17, 15) is 0 Å². The van der Waals surface area contributed by atoms with Gasteiger partial charge in [-0.05, 0) is 17.4 Å². The van der Waals surface area contributed by atoms with Crippen LogP contribution in [-0.2, 0) is 6.54 Å². The van der Waals surface area contributed by atoms with E-state index in [0.29, 0.717) is 18.3 Å². The molecule has 0 atom stereocenters. The molecule has 2 aromatic rings. The first-order valence-corrected chi connectivity index (χ1v) is 4.72. The van der Waals surface area contributed by atoms with Gasteiger partial charge in [0.05, 0.1) is 0 Å². The van der Waals surface area contributed by atoms with Gasteiger partial charge in [0, 0.05) is 5.92 Å². The third-order valence-electron chi connectivity index (χ3n) is 1.98. The monoisotopic (exact) mass is 208 g/mol. The van der Waals surface area contributed by atoms with Crippen molar-refractivity contribution in [1.29, 1.82) is 0 Å². The molecule has 15 heavy (non-hydrogen) atoms. The second-order valence-corrected chi connectivity index (χ2v) is 3.59. The smallest absolute Gasteiger partial charge is 0.229 e. The highest BCUT2D eigenvalue weighted by atomic mass is 16.5. The van der Waals surface area contributed by atoms with E-state index in [4.69, 9.17) is 4.52 Å². The van der Waals surface area contributed by atoms with Crippen molar-refractivity contribution in [3.63, 3.8) is 0 Å². The highest BCUT2D eigenvalue weighted by Crippen LogP contribution is 2.11. The fourth-order valence-corrected chi connectivity index (χ4v) is 1.10. The maximum Gasteiger partial charge on any atom is 0.229 e. The molecular weight excluding hydrogens is 196 g/mol. The summed E-state index contributed by atoms with van der Waals surface area (Å²) in [6.45, 7) is 6.26. The Morgan fingerprint density at radius 1 is 1.40 bits per heavy atom. The lowest BCUT2D eigenvalue weighted by molar-refractivity contribution is 0.359. The summed E-state index contributed by atoms with van der Waals surface area (Å²) in [7, 11) is 0. The lowest BCUT2D eigenvalue weighted by Gasteiger charge is -1.95. The zero-order valence-corrected chi connectivity index (χ0v) is 8.88. The minimum Gasteiger partial charge on any atom is -0.339 e. The number of rotatable bonds is 3. The summed E-state index contributed by atoms with van der Waals surface area (Å²) in [6, 6.07) is 0. The Labute approximate surface area is 86.5 Å². The predicted octanol–water partition coefficient (Wildman–Crippen LogP) is 0.536. The van der Waals surface area contributed by atoms with Gasteiger partial charge in [0.15, 0.2) is 5.82 Å². The van der Waals surface area contributed by atoms with E-state index in [1.165, 1.54) is 0 Å². The summed E-state index contributed by atoms with van der Waals surface area (Å²) in [5.41, 5.74) is 0. The molecule has 0 fully saturated rings. The Bertz CT molecular complexity index is 445. The van der Waals surface area contributed by atoms with Gasteiger partial charge in [-0.2, -0.15) is 4.98 Å². The van der Waals surface area contributed by atoms with E-state index >= 15 is 0 Å². The van der Waals surface area contributed by atoms with Crippen LogP contribution in [0.4, 0.5) is 0 Å². The van der Waals surface area contributed by atoms with Crippen molar-refractivity contribution < 1.29 is 4.52 Å². The second-order valence-electron chi connectivity index (χ2n) is 3.59. The van der Waals surface area contributed by atoms with Crippen LogP contribution in [0.25, 0.3) is 0 Å². The van der Waals surface area contributed by atoms with E-state index in [0.717, 1.165) is 5.82 Å². The van der Waals surface area contributed by atoms with Crippen molar-refractivity contribution in [3.05, 3.63) is 17.5 Å². The average molecular weight is 208 g/mol. The third kappa shape index (κ3) is 2.00. The van der Waals surface area contributed by atoms with Crippen LogP contribution in [0.5, 0.6) is 0 Å². The van der Waals surface area contributed by atoms with Crippen LogP contribution in [0, 0.1) is 6.92 Å². The molecule has 0 spiro atoms. The number of nitrogens with zero attached hydrogens (tertiary/aromatic N) is 6. The Kier molecular flexibility index (Phi) is 2.44. The molecular formula is C8H12N6O. The molecule has 0 bridgehead atoms. The van der Waals surface area contributed by atoms with Crippen molar-refractivity contribution in [2.45, 2.75) is 33.2 Å². The average Bonchev–Trinajstić information content (AvgIpc) is 2.77. The first-order valence-electron chi connectivity index (χ1n) is 4.72. The van der Waals surface area contributed by atoms with Crippen molar-refractivity contribution in [3.8, 4) is 0 Å². The van der Waals surface area contributed by atoms with Crippen LogP contribution < -0.4 is 0 Å². The van der Waals surface area contributed by atoms with Crippen LogP contribution in [0.3, 0.4) is 0 Å². The van der Waals surface area contributed by atoms with Crippen molar-refractivity contribution in [2.24, 2.45) is 0 Å². The molecule has 0 saturated heterocycles. The number of aromatic nitrogens is 6. The van der Waals surface area contributed by atoms with Gasteiger partial charge in [-0.25, -0.2) is 4.68 Å². The minimum atomic E-state index is 0.237. The molecule has 0 aliphatic heterocycles. The van der Waals surface area contributed by atoms with Gasteiger partial charge >= 0.3 is 0 Å². The lowest BCUT2D eigenvalue weighted by atomic mass is 10.2. The molecule has 2 aromatic heterocycles. The summed E-state index contributed by atoms with van der Waals surface area (Å²) < 4.78 is 6.69. The van der Waals surface area contributed by atoms with E-state index in [1.54, 1.807) is 4.68 Å². The minimum absolute atomic E-state index is 0.237. The Hall–Kier alpha value is -1.79. The van der Waals surface area contributed by atoms with Crippen LogP contribution in [0.2, 0.25) is 0 Å². The van der Waals surface area contributed by atoms with Crippen molar-refractivity contribution in [2.75, 3.05) is 0 Å². The van der Waals surface area contributed by atoms with Gasteiger partial charge < -0.3 is 4.52 Å². The Balaban J connectivity index is 2.15. The summed E-state index contributed by atoms with van der Waals surface area (Å²) in [6.07, 6.45) is 0. The molecule has 7 nitrogen and oxygen atoms in total. The third-order valence-corrected chi connectivity index (χ3v) is 1.98. The number of hydrogen-bond donors (Lipinski definition) is 0. The summed E-state index contributed by atoms with van der Waals surface area (Å²) in [5.74, 6) is 2.19. The highest BCUT2D eigenvalue weighted by Gasteiger charge is 2.11. The van der Waals surface area contributed by atoms with E-state index in [1.807, 2.05) is 20.8 Å². The van der Waals surface area contributed by atoms with Crippen molar-refractivity contribution >= 4 is 0 Å². The molecule has 0 saturated carbocycles. The molecule has 0 aliphatic rings. The molecule has 0 N–H and O–H groups in total. The number of tetrazole rings is 1. The predicted molar refractivity (Wildman–Crippen MR) is 50.0 cm³/mol. The summed E-state index contributed by atoms with van der Waals surface area (Å²) >= 11 is 0. The fourth-order valence-electron chi connectivity index (χ4n) is 1.10. The van der Waals surface area contributed by atoms with Crippen LogP contribution in [0.15, 0.2) is 4.52 Å². The van der Waals surface area contributed by atoms with E-state index in [-0.39, 0.29) is 5.92 Å². The van der Waals surface area contributed by atoms with Crippen LogP contribution in [-0.4, -0.2) is 30.3 Å². The SMILES string of the molecule is Cc1nnnn1Cc1noc(C(C)C)n1. The molecule has 0 radical (unpaired) electrons. The topological polar surface area (TPSA) is 82.5 Å². The van der Waals surface area contributed by atoms with E-state index in [2.05, 4.69) is 25.7 Å². The molecule has 0 aromatic carbocycles. The molecule has 80 valence electrons. The van der Waals surface area contributed by atoms with Crippen LogP contribution in [0.1, 0.15) is 37.3 Å². The molecule has 0 aliphatic carbocycles. The Morgan fingerprint density at radius 2 is 2.20 bits per heavy atom. The first kappa shape index (κ1) is 9.75. The molecule has 0 unspecified atom stereocenters. The Morgan fingerprint density at radius 3 is 2.73 bits per heavy atom. The second kappa shape index (κ2) is 3.76. The summed E-state index contributed by atoms with van der Waals surface area (Å²) in [4.78, 5) is 4.23. The van der Waals surface area contributed by atoms with Gasteiger partial charge in [0.1, 0.15) is 12.4 Å². The zero-order chi connectivity index (χ0) is 10.8. The largest absolute Gasteiger partial charge is 0.339 e. The quantitative estimate of drug-likeness (QED) is 0.732. The lowest BCUT2D eigenvalue weighted by Crippen LogP contribution is -2.05. The molecule has 2 heterocycles. The van der Waals surface area contributed by atoms with Crippen molar-refractivity contribution in [1.82, 2.24) is 30.3 Å². The maximum absolute atomic E-state index is 5.07. The van der Waals surface area contributed by atoms with Gasteiger partial charge in [-0.15, -0.1) is 5.10 Å². The fraction of sp³-hybridized carbons (Fsp3) is 0.625. The van der Waals surface area contributed by atoms with Gasteiger partial charge in [0.2, 0.25) is 5.89 Å². The molecule has 0 amide bonds. The molecule has 2 rings (SSSR count). The van der Waals surface area contributed by atoms with Gasteiger partial charge in [-0.1, -0.05) is 19.0 Å². The first-order chi connectivity index (χ1) is 7.16. The summed E-state index contributed by atoms with van der Waals surface area (Å²) in [5, 5.41) is 15.0. The molecule has 7 heteroatoms. The van der Waals surface area contributed by atoms with Crippen LogP contribution >= 0.6 is 0 Å². The zero-order valence-electron chi connectivity index (χ0n) is 8.88. The normalized spacial score (nSPS) is 11.2. The number of aryl methyl sites for hydroxylation is 1. The standard InChI is InChI=1S/C8H12N6O/c1-5(2)8-9-7(11-15-8)4-14-6(3)10-12-13-14/h5H,4H2,1-3H3. The van der Waals surface area contributed by atoms with Gasteiger partial charge in [-0.3, -0.25) is 0 Å². The van der Waals surface area contributed by atoms with E-state index < -0.39 is 0 Å². The number of hydrogen-bond acceptors (Lipinski definition) is 6. The maximum atomic E-state index is 5.07.